The van der Waals surface area contributed by atoms with Gasteiger partial charge in [-0.3, -0.25) is 9.59 Å². The van der Waals surface area contributed by atoms with Crippen molar-refractivity contribution in [2.75, 3.05) is 4.90 Å². The molecule has 1 aliphatic heterocycles. The van der Waals surface area contributed by atoms with Crippen molar-refractivity contribution in [1.29, 1.82) is 0 Å². The highest BCUT2D eigenvalue weighted by Gasteiger charge is 2.40. The largest absolute Gasteiger partial charge is 0.377 e. The average molecular weight is 384 g/mol. The quantitative estimate of drug-likeness (QED) is 0.380. The Labute approximate surface area is 160 Å². The van der Waals surface area contributed by atoms with E-state index in [1.54, 1.807) is 43.3 Å². The number of benzene rings is 2. The van der Waals surface area contributed by atoms with Gasteiger partial charge in [-0.25, -0.2) is 9.29 Å². The van der Waals surface area contributed by atoms with Crippen molar-refractivity contribution in [3.8, 4) is 0 Å². The number of amides is 2. The molecule has 2 amide bonds. The third-order valence-corrected chi connectivity index (χ3v) is 4.92. The van der Waals surface area contributed by atoms with Crippen molar-refractivity contribution < 1.29 is 14.0 Å². The van der Waals surface area contributed by atoms with Gasteiger partial charge in [-0.15, -0.1) is 5.10 Å². The third-order valence-electron chi connectivity index (χ3n) is 3.94. The molecule has 1 aliphatic rings. The summed E-state index contributed by atoms with van der Waals surface area (Å²) in [6, 6.07) is 14.6. The maximum atomic E-state index is 13.0. The standard InChI is InChI=1S/C19H17FN4O2S/c1-12(13-7-9-14(20)10-8-13)22-23-19(21)27-16-11-17(25)24(18(16)26)15-5-3-2-4-6-15/h2-10,16H,11H2,1H3,(H2,21,23)/b22-12+. The Hall–Kier alpha value is -3.00. The molecule has 0 saturated carbocycles. The fraction of sp³-hybridized carbons (Fsp3) is 0.158. The van der Waals surface area contributed by atoms with Gasteiger partial charge in [0.2, 0.25) is 11.8 Å². The Kier molecular flexibility index (Phi) is 5.66. The summed E-state index contributed by atoms with van der Waals surface area (Å²) in [5.41, 5.74) is 7.66. The molecule has 2 aromatic carbocycles. The fourth-order valence-corrected chi connectivity index (χ4v) is 3.40. The van der Waals surface area contributed by atoms with Crippen LogP contribution in [0.2, 0.25) is 0 Å². The van der Waals surface area contributed by atoms with Crippen LogP contribution in [0.25, 0.3) is 0 Å². The molecule has 1 saturated heterocycles. The number of halogens is 1. The summed E-state index contributed by atoms with van der Waals surface area (Å²) in [5, 5.41) is 7.37. The lowest BCUT2D eigenvalue weighted by molar-refractivity contribution is -0.121. The molecule has 0 bridgehead atoms. The van der Waals surface area contributed by atoms with E-state index in [9.17, 15) is 14.0 Å². The highest BCUT2D eigenvalue weighted by molar-refractivity contribution is 8.14. The number of hydrogen-bond acceptors (Lipinski definition) is 5. The van der Waals surface area contributed by atoms with E-state index < -0.39 is 5.25 Å². The maximum absolute atomic E-state index is 13.0. The number of hydrogen-bond donors (Lipinski definition) is 1. The van der Waals surface area contributed by atoms with Gasteiger partial charge in [0.15, 0.2) is 5.17 Å². The predicted molar refractivity (Wildman–Crippen MR) is 105 cm³/mol. The van der Waals surface area contributed by atoms with Crippen molar-refractivity contribution in [2.24, 2.45) is 15.9 Å². The number of imide groups is 1. The van der Waals surface area contributed by atoms with E-state index in [2.05, 4.69) is 10.2 Å². The maximum Gasteiger partial charge on any atom is 0.247 e. The molecule has 2 aromatic rings. The van der Waals surface area contributed by atoms with E-state index in [4.69, 9.17) is 5.73 Å². The van der Waals surface area contributed by atoms with Crippen LogP contribution in [-0.4, -0.2) is 27.9 Å². The highest BCUT2D eigenvalue weighted by atomic mass is 32.2. The summed E-state index contributed by atoms with van der Waals surface area (Å²) in [6.45, 7) is 1.72. The van der Waals surface area contributed by atoms with Crippen LogP contribution >= 0.6 is 11.8 Å². The number of thioether (sulfide) groups is 1. The normalized spacial score (nSPS) is 18.3. The summed E-state index contributed by atoms with van der Waals surface area (Å²) < 4.78 is 13.0. The molecule has 138 valence electrons. The molecule has 2 N–H and O–H groups in total. The third kappa shape index (κ3) is 4.40. The molecule has 1 unspecified atom stereocenters. The van der Waals surface area contributed by atoms with Crippen LogP contribution in [0.1, 0.15) is 18.9 Å². The van der Waals surface area contributed by atoms with E-state index in [1.807, 2.05) is 6.07 Å². The lowest BCUT2D eigenvalue weighted by atomic mass is 10.1. The van der Waals surface area contributed by atoms with Gasteiger partial charge in [-0.05, 0) is 36.8 Å². The Morgan fingerprint density at radius 2 is 1.78 bits per heavy atom. The van der Waals surface area contributed by atoms with E-state index in [0.717, 1.165) is 16.7 Å². The van der Waals surface area contributed by atoms with Crippen LogP contribution in [0, 0.1) is 5.82 Å². The van der Waals surface area contributed by atoms with Gasteiger partial charge in [0.05, 0.1) is 11.4 Å². The number of carbonyl (C=O) groups is 2. The summed E-state index contributed by atoms with van der Waals surface area (Å²) >= 11 is 1.01. The lowest BCUT2D eigenvalue weighted by Gasteiger charge is -2.14. The first-order valence-electron chi connectivity index (χ1n) is 8.18. The second-order valence-electron chi connectivity index (χ2n) is 5.84. The number of nitrogens with zero attached hydrogens (tertiary/aromatic N) is 3. The molecule has 0 aliphatic carbocycles. The number of para-hydroxylation sites is 1. The van der Waals surface area contributed by atoms with Gasteiger partial charge in [-0.1, -0.05) is 42.1 Å². The van der Waals surface area contributed by atoms with Gasteiger partial charge in [-0.2, -0.15) is 5.10 Å². The van der Waals surface area contributed by atoms with Crippen molar-refractivity contribution in [3.63, 3.8) is 0 Å². The van der Waals surface area contributed by atoms with Crippen molar-refractivity contribution in [3.05, 3.63) is 66.0 Å². The lowest BCUT2D eigenvalue weighted by Crippen LogP contribution is -2.31. The molecular weight excluding hydrogens is 367 g/mol. The second-order valence-corrected chi connectivity index (χ2v) is 7.07. The van der Waals surface area contributed by atoms with Crippen molar-refractivity contribution in [1.82, 2.24) is 0 Å². The van der Waals surface area contributed by atoms with Crippen molar-refractivity contribution >= 4 is 40.1 Å². The molecule has 1 atom stereocenters. The van der Waals surface area contributed by atoms with E-state index >= 15 is 0 Å². The summed E-state index contributed by atoms with van der Waals surface area (Å²) in [5.74, 6) is -0.936. The van der Waals surface area contributed by atoms with Crippen LogP contribution in [0.3, 0.4) is 0 Å². The molecule has 6 nitrogen and oxygen atoms in total. The minimum absolute atomic E-state index is 0.0509. The average Bonchev–Trinajstić information content (AvgIpc) is 2.94. The summed E-state index contributed by atoms with van der Waals surface area (Å²) in [6.07, 6.45) is 0.0509. The smallest absolute Gasteiger partial charge is 0.247 e. The van der Waals surface area contributed by atoms with Crippen LogP contribution in [0.15, 0.2) is 64.8 Å². The van der Waals surface area contributed by atoms with Crippen LogP contribution in [0.4, 0.5) is 10.1 Å². The van der Waals surface area contributed by atoms with Gasteiger partial charge in [0.1, 0.15) is 11.1 Å². The van der Waals surface area contributed by atoms with Crippen LogP contribution < -0.4 is 10.6 Å². The van der Waals surface area contributed by atoms with Crippen molar-refractivity contribution in [2.45, 2.75) is 18.6 Å². The van der Waals surface area contributed by atoms with E-state index in [0.29, 0.717) is 17.0 Å². The molecule has 8 heteroatoms. The molecule has 0 spiro atoms. The Bertz CT molecular complexity index is 913. The number of amidine groups is 1. The summed E-state index contributed by atoms with van der Waals surface area (Å²) in [7, 11) is 0. The molecular formula is C19H17FN4O2S. The zero-order valence-electron chi connectivity index (χ0n) is 14.5. The molecule has 3 rings (SSSR count). The number of anilines is 1. The second kappa shape index (κ2) is 8.13. The number of carbonyl (C=O) groups excluding carboxylic acids is 2. The number of nitrogens with two attached hydrogens (primary N) is 1. The topological polar surface area (TPSA) is 88.1 Å². The van der Waals surface area contributed by atoms with Gasteiger partial charge < -0.3 is 5.73 Å². The van der Waals surface area contributed by atoms with E-state index in [-0.39, 0.29) is 29.2 Å². The van der Waals surface area contributed by atoms with Gasteiger partial charge in [0, 0.05) is 6.42 Å². The first-order valence-corrected chi connectivity index (χ1v) is 9.06. The minimum atomic E-state index is -0.636. The highest BCUT2D eigenvalue weighted by Crippen LogP contribution is 2.29. The monoisotopic (exact) mass is 384 g/mol. The number of rotatable bonds is 4. The first-order chi connectivity index (χ1) is 13.0. The Balaban J connectivity index is 1.68. The Morgan fingerprint density at radius 1 is 1.11 bits per heavy atom. The van der Waals surface area contributed by atoms with Gasteiger partial charge in [0.25, 0.3) is 0 Å². The zero-order valence-corrected chi connectivity index (χ0v) is 15.3. The minimum Gasteiger partial charge on any atom is -0.377 e. The molecule has 27 heavy (non-hydrogen) atoms. The first kappa shape index (κ1) is 18.8. The van der Waals surface area contributed by atoms with E-state index in [1.165, 1.54) is 12.1 Å². The SMILES string of the molecule is C/C(=N\N=C(/N)SC1CC(=O)N(c2ccccc2)C1=O)c1ccc(F)cc1. The Morgan fingerprint density at radius 3 is 2.44 bits per heavy atom. The zero-order chi connectivity index (χ0) is 19.4. The van der Waals surface area contributed by atoms with Crippen LogP contribution in [0.5, 0.6) is 0 Å². The van der Waals surface area contributed by atoms with Crippen LogP contribution in [-0.2, 0) is 9.59 Å². The summed E-state index contributed by atoms with van der Waals surface area (Å²) in [4.78, 5) is 25.9. The van der Waals surface area contributed by atoms with Gasteiger partial charge >= 0.3 is 0 Å². The molecule has 1 heterocycles. The molecule has 0 radical (unpaired) electrons. The molecule has 1 fully saturated rings. The fourth-order valence-electron chi connectivity index (χ4n) is 2.59. The molecule has 0 aromatic heterocycles. The predicted octanol–water partition coefficient (Wildman–Crippen LogP) is 2.93.